The molecule has 2 rings (SSSR count). The first-order chi connectivity index (χ1) is 5.38. The number of nitrogens with two attached hydrogens (primary N) is 1. The Hall–Kier alpha value is -1.48. The monoisotopic (exact) mass is 147 g/mol. The summed E-state index contributed by atoms with van der Waals surface area (Å²) in [6.07, 6.45) is 5.25. The van der Waals surface area contributed by atoms with Crippen LogP contribution in [0, 0.1) is 0 Å². The second-order valence-corrected chi connectivity index (χ2v) is 2.33. The molecule has 1 amide bonds. The number of nitrogens with zero attached hydrogens (tertiary/aromatic N) is 1. The normalized spacial score (nSPS) is 14.7. The lowest BCUT2D eigenvalue weighted by molar-refractivity contribution is -0.481. The minimum Gasteiger partial charge on any atom is -0.251 e. The van der Waals surface area contributed by atoms with Crippen molar-refractivity contribution in [3.05, 3.63) is 35.8 Å². The molecule has 0 fully saturated rings. The second-order valence-electron chi connectivity index (χ2n) is 2.33. The number of hydrogen-bond donors (Lipinski definition) is 1. The van der Waals surface area contributed by atoms with E-state index in [1.54, 1.807) is 12.4 Å². The number of rotatable bonds is 0. The van der Waals surface area contributed by atoms with E-state index in [2.05, 4.69) is 4.98 Å². The van der Waals surface area contributed by atoms with Gasteiger partial charge < -0.3 is 0 Å². The van der Waals surface area contributed by atoms with Crippen LogP contribution < -0.4 is 5.32 Å². The van der Waals surface area contributed by atoms with Crippen LogP contribution >= 0.6 is 0 Å². The summed E-state index contributed by atoms with van der Waals surface area (Å²) in [4.78, 5) is 15.1. The molecule has 0 saturated heterocycles. The maximum atomic E-state index is 11.1. The van der Waals surface area contributed by atoms with Crippen LogP contribution in [0.4, 0.5) is 0 Å². The molecule has 3 heteroatoms. The van der Waals surface area contributed by atoms with Crippen molar-refractivity contribution < 1.29 is 10.1 Å². The molecule has 2 heterocycles. The highest BCUT2D eigenvalue weighted by Crippen LogP contribution is 2.07. The van der Waals surface area contributed by atoms with Crippen LogP contribution in [-0.4, -0.2) is 10.9 Å². The Kier molecular flexibility index (Phi) is 1.30. The fourth-order valence-electron chi connectivity index (χ4n) is 1.08. The number of carbonyl (C=O) groups is 1. The molecule has 0 saturated carbocycles. The molecule has 1 aromatic rings. The first-order valence-electron chi connectivity index (χ1n) is 3.39. The van der Waals surface area contributed by atoms with Crippen molar-refractivity contribution in [3.63, 3.8) is 0 Å². The highest BCUT2D eigenvalue weighted by Gasteiger charge is 2.17. The van der Waals surface area contributed by atoms with Gasteiger partial charge in [-0.3, -0.25) is 5.32 Å². The third-order valence-electron chi connectivity index (χ3n) is 1.60. The summed E-state index contributed by atoms with van der Waals surface area (Å²) in [5.74, 6) is -0.0110. The van der Waals surface area contributed by atoms with Gasteiger partial charge in [-0.2, -0.15) is 0 Å². The van der Waals surface area contributed by atoms with Crippen molar-refractivity contribution in [1.29, 1.82) is 0 Å². The van der Waals surface area contributed by atoms with E-state index in [0.29, 0.717) is 5.69 Å². The quantitative estimate of drug-likeness (QED) is 0.551. The molecule has 0 bridgehead atoms. The predicted octanol–water partition coefficient (Wildman–Crippen LogP) is -0.231. The van der Waals surface area contributed by atoms with E-state index >= 15 is 0 Å². The highest BCUT2D eigenvalue weighted by atomic mass is 16.1. The molecular formula is C8H7N2O+. The predicted molar refractivity (Wildman–Crippen MR) is 39.5 cm³/mol. The summed E-state index contributed by atoms with van der Waals surface area (Å²) in [5.41, 5.74) is 1.45. The van der Waals surface area contributed by atoms with Gasteiger partial charge in [-0.05, 0) is 6.07 Å². The fraction of sp³-hybridized carbons (Fsp3) is 0. The molecule has 54 valence electrons. The maximum absolute atomic E-state index is 11.1. The van der Waals surface area contributed by atoms with Gasteiger partial charge in [-0.1, -0.05) is 6.07 Å². The van der Waals surface area contributed by atoms with Gasteiger partial charge in [0.05, 0.1) is 0 Å². The summed E-state index contributed by atoms with van der Waals surface area (Å²) < 4.78 is 0. The summed E-state index contributed by atoms with van der Waals surface area (Å²) in [6, 6.07) is 3.70. The van der Waals surface area contributed by atoms with E-state index < -0.39 is 0 Å². The Morgan fingerprint density at radius 3 is 3.18 bits per heavy atom. The molecule has 0 atom stereocenters. The van der Waals surface area contributed by atoms with Crippen LogP contribution in [0.1, 0.15) is 16.1 Å². The van der Waals surface area contributed by atoms with Gasteiger partial charge in [-0.15, -0.1) is 0 Å². The average Bonchev–Trinajstić information content (AvgIpc) is 2.06. The van der Waals surface area contributed by atoms with Crippen LogP contribution in [0.2, 0.25) is 0 Å². The zero-order chi connectivity index (χ0) is 7.68. The molecule has 1 aromatic heterocycles. The van der Waals surface area contributed by atoms with Gasteiger partial charge >= 0.3 is 5.91 Å². The third kappa shape index (κ3) is 0.951. The molecule has 3 nitrogen and oxygen atoms in total. The number of pyridine rings is 1. The van der Waals surface area contributed by atoms with Gasteiger partial charge in [0.25, 0.3) is 0 Å². The third-order valence-corrected chi connectivity index (χ3v) is 1.60. The summed E-state index contributed by atoms with van der Waals surface area (Å²) in [5, 5.41) is 1.52. The van der Waals surface area contributed by atoms with Crippen molar-refractivity contribution in [1.82, 2.24) is 4.98 Å². The highest BCUT2D eigenvalue weighted by molar-refractivity contribution is 5.90. The van der Waals surface area contributed by atoms with E-state index in [1.807, 2.05) is 18.2 Å². The van der Waals surface area contributed by atoms with E-state index in [4.69, 9.17) is 0 Å². The number of fused-ring (bicyclic) bond motifs is 1. The zero-order valence-corrected chi connectivity index (χ0v) is 5.82. The Labute approximate surface area is 63.8 Å². The van der Waals surface area contributed by atoms with Crippen molar-refractivity contribution >= 4 is 12.0 Å². The summed E-state index contributed by atoms with van der Waals surface area (Å²) >= 11 is 0. The molecule has 1 aliphatic rings. The van der Waals surface area contributed by atoms with E-state index in [1.165, 1.54) is 5.32 Å². The SMILES string of the molecule is O=C1[NH2+]C=Cc2cccnc21. The van der Waals surface area contributed by atoms with Gasteiger partial charge in [0.2, 0.25) is 0 Å². The van der Waals surface area contributed by atoms with Gasteiger partial charge in [0.1, 0.15) is 6.20 Å². The first-order valence-corrected chi connectivity index (χ1v) is 3.39. The standard InChI is InChI=1S/C8H6N2O/c11-8-7-6(3-5-10-8)2-1-4-9-7/h1-5H,(H,10,11)/p+1. The lowest BCUT2D eigenvalue weighted by atomic mass is 10.1. The van der Waals surface area contributed by atoms with Gasteiger partial charge in [-0.25, -0.2) is 9.78 Å². The number of carbonyl (C=O) groups excluding carboxylic acids is 1. The number of quaternary nitrogens is 1. The molecule has 1 aliphatic heterocycles. The van der Waals surface area contributed by atoms with Crippen LogP contribution in [0.25, 0.3) is 6.08 Å². The Bertz CT molecular complexity index is 331. The van der Waals surface area contributed by atoms with Gasteiger partial charge in [0, 0.05) is 17.8 Å². The molecule has 0 unspecified atom stereocenters. The molecular weight excluding hydrogens is 140 g/mol. The minimum atomic E-state index is -0.0110. The second kappa shape index (κ2) is 2.29. The fourth-order valence-corrected chi connectivity index (χ4v) is 1.08. The molecule has 2 N–H and O–H groups in total. The number of aromatic nitrogens is 1. The molecule has 0 aliphatic carbocycles. The largest absolute Gasteiger partial charge is 0.366 e. The lowest BCUT2D eigenvalue weighted by Gasteiger charge is -2.02. The van der Waals surface area contributed by atoms with Crippen molar-refractivity contribution in [2.45, 2.75) is 0 Å². The lowest BCUT2D eigenvalue weighted by Crippen LogP contribution is -2.83. The average molecular weight is 147 g/mol. The molecule has 0 aromatic carbocycles. The van der Waals surface area contributed by atoms with Crippen molar-refractivity contribution in [3.8, 4) is 0 Å². The Morgan fingerprint density at radius 2 is 2.36 bits per heavy atom. The summed E-state index contributed by atoms with van der Waals surface area (Å²) in [7, 11) is 0. The van der Waals surface area contributed by atoms with Crippen molar-refractivity contribution in [2.75, 3.05) is 0 Å². The molecule has 0 spiro atoms. The number of primary amides is 1. The van der Waals surface area contributed by atoms with Crippen LogP contribution in [0.15, 0.2) is 24.5 Å². The Morgan fingerprint density at radius 1 is 1.45 bits per heavy atom. The zero-order valence-electron chi connectivity index (χ0n) is 5.82. The topological polar surface area (TPSA) is 46.6 Å². The van der Waals surface area contributed by atoms with E-state index in [9.17, 15) is 4.79 Å². The van der Waals surface area contributed by atoms with Crippen LogP contribution in [0.3, 0.4) is 0 Å². The molecule has 11 heavy (non-hydrogen) atoms. The minimum absolute atomic E-state index is 0.0110. The smallest absolute Gasteiger partial charge is 0.251 e. The maximum Gasteiger partial charge on any atom is 0.366 e. The molecule has 0 radical (unpaired) electrons. The van der Waals surface area contributed by atoms with Crippen molar-refractivity contribution in [2.24, 2.45) is 0 Å². The summed E-state index contributed by atoms with van der Waals surface area (Å²) in [6.45, 7) is 0. The van der Waals surface area contributed by atoms with Crippen LogP contribution in [0.5, 0.6) is 0 Å². The van der Waals surface area contributed by atoms with E-state index in [0.717, 1.165) is 5.56 Å². The van der Waals surface area contributed by atoms with E-state index in [-0.39, 0.29) is 5.91 Å². The number of amides is 1. The number of hydrogen-bond acceptors (Lipinski definition) is 2. The Balaban J connectivity index is 2.63. The van der Waals surface area contributed by atoms with Gasteiger partial charge in [0.15, 0.2) is 5.69 Å². The first kappa shape index (κ1) is 6.24. The van der Waals surface area contributed by atoms with Crippen LogP contribution in [-0.2, 0) is 0 Å².